The summed E-state index contributed by atoms with van der Waals surface area (Å²) < 4.78 is 0. The molecule has 1 atom stereocenters. The van der Waals surface area contributed by atoms with Crippen molar-refractivity contribution in [2.75, 3.05) is 7.05 Å². The van der Waals surface area contributed by atoms with E-state index in [9.17, 15) is 0 Å². The highest BCUT2D eigenvalue weighted by Crippen LogP contribution is 2.50. The van der Waals surface area contributed by atoms with E-state index in [1.807, 2.05) is 7.05 Å². The van der Waals surface area contributed by atoms with Gasteiger partial charge in [0.15, 0.2) is 0 Å². The smallest absolute Gasteiger partial charge is 0.0344 e. The van der Waals surface area contributed by atoms with E-state index >= 15 is 0 Å². The number of rotatable bonds is 7. The van der Waals surface area contributed by atoms with Crippen molar-refractivity contribution in [2.24, 2.45) is 16.3 Å². The first-order valence-electron chi connectivity index (χ1n) is 9.45. The Morgan fingerprint density at radius 3 is 2.68 bits per heavy atom. The largest absolute Gasteiger partial charge is 0.293 e. The fourth-order valence-corrected chi connectivity index (χ4v) is 4.18. The van der Waals surface area contributed by atoms with Gasteiger partial charge < -0.3 is 0 Å². The molecule has 1 fully saturated rings. The monoisotopic (exact) mass is 301 g/mol. The summed E-state index contributed by atoms with van der Waals surface area (Å²) in [6.07, 6.45) is 18.1. The second-order valence-electron chi connectivity index (χ2n) is 7.69. The third-order valence-electron chi connectivity index (χ3n) is 5.77. The quantitative estimate of drug-likeness (QED) is 0.376. The van der Waals surface area contributed by atoms with E-state index in [1.54, 1.807) is 11.1 Å². The molecule has 0 radical (unpaired) electrons. The van der Waals surface area contributed by atoms with Gasteiger partial charge in [0.2, 0.25) is 0 Å². The van der Waals surface area contributed by atoms with Gasteiger partial charge in [-0.2, -0.15) is 0 Å². The summed E-state index contributed by atoms with van der Waals surface area (Å²) in [5.74, 6) is 0.702. The fraction of sp³-hybridized carbons (Fsp3) is 0.762. The Kier molecular flexibility index (Phi) is 6.47. The lowest BCUT2D eigenvalue weighted by Gasteiger charge is -2.43. The van der Waals surface area contributed by atoms with Crippen LogP contribution in [0.2, 0.25) is 0 Å². The Balaban J connectivity index is 2.02. The zero-order valence-electron chi connectivity index (χ0n) is 15.3. The summed E-state index contributed by atoms with van der Waals surface area (Å²) in [6, 6.07) is 0. The van der Waals surface area contributed by atoms with Gasteiger partial charge in [0.05, 0.1) is 0 Å². The van der Waals surface area contributed by atoms with Gasteiger partial charge in [-0.05, 0) is 62.4 Å². The van der Waals surface area contributed by atoms with Crippen molar-refractivity contribution in [2.45, 2.75) is 85.0 Å². The van der Waals surface area contributed by atoms with Gasteiger partial charge in [-0.25, -0.2) is 0 Å². The highest BCUT2D eigenvalue weighted by molar-refractivity contribution is 5.95. The van der Waals surface area contributed by atoms with Crippen molar-refractivity contribution in [1.29, 1.82) is 0 Å². The lowest BCUT2D eigenvalue weighted by atomic mass is 9.62. The molecule has 2 rings (SSSR count). The molecule has 0 amide bonds. The van der Waals surface area contributed by atoms with Crippen LogP contribution < -0.4 is 0 Å². The van der Waals surface area contributed by atoms with Gasteiger partial charge in [-0.15, -0.1) is 0 Å². The van der Waals surface area contributed by atoms with Crippen molar-refractivity contribution in [1.82, 2.24) is 0 Å². The molecule has 0 aromatic heterocycles. The molecule has 0 bridgehead atoms. The summed E-state index contributed by atoms with van der Waals surface area (Å²) in [7, 11) is 1.95. The predicted molar refractivity (Wildman–Crippen MR) is 98.6 cm³/mol. The Bertz CT molecular complexity index is 443. The minimum absolute atomic E-state index is 0.651. The van der Waals surface area contributed by atoms with E-state index in [2.05, 4.69) is 37.9 Å². The van der Waals surface area contributed by atoms with E-state index in [4.69, 9.17) is 0 Å². The molecule has 1 heteroatoms. The standard InChI is InChI=1S/C21H35N/c1-5-7-9-20(22-4)15-18-12-17(3)13-19(14-18)16-21(6-2)10-8-11-21/h13,15,17H,5-12,14,16H2,1-4H3/b18-15-,22-20-. The first-order chi connectivity index (χ1) is 10.6. The number of hydrogen-bond donors (Lipinski definition) is 0. The predicted octanol–water partition coefficient (Wildman–Crippen LogP) is 6.50. The first kappa shape index (κ1) is 17.5. The number of allylic oxidation sites excluding steroid dienone is 4. The molecule has 1 nitrogen and oxygen atoms in total. The van der Waals surface area contributed by atoms with Gasteiger partial charge in [-0.1, -0.05) is 57.3 Å². The third kappa shape index (κ3) is 4.57. The van der Waals surface area contributed by atoms with Crippen LogP contribution in [0, 0.1) is 11.3 Å². The van der Waals surface area contributed by atoms with E-state index in [-0.39, 0.29) is 0 Å². The van der Waals surface area contributed by atoms with Crippen molar-refractivity contribution in [3.63, 3.8) is 0 Å². The van der Waals surface area contributed by atoms with Gasteiger partial charge in [-0.3, -0.25) is 4.99 Å². The van der Waals surface area contributed by atoms with Crippen LogP contribution in [0.5, 0.6) is 0 Å². The highest BCUT2D eigenvalue weighted by atomic mass is 14.7. The summed E-state index contributed by atoms with van der Waals surface area (Å²) in [5.41, 5.74) is 5.28. The second kappa shape index (κ2) is 8.13. The molecule has 0 spiro atoms. The zero-order chi connectivity index (χ0) is 16.0. The Morgan fingerprint density at radius 1 is 1.36 bits per heavy atom. The number of hydrogen-bond acceptors (Lipinski definition) is 1. The number of nitrogens with zero attached hydrogens (tertiary/aromatic N) is 1. The van der Waals surface area contributed by atoms with E-state index < -0.39 is 0 Å². The van der Waals surface area contributed by atoms with Crippen LogP contribution in [0.15, 0.2) is 28.3 Å². The summed E-state index contributed by atoms with van der Waals surface area (Å²) in [5, 5.41) is 0. The summed E-state index contributed by atoms with van der Waals surface area (Å²) >= 11 is 0. The maximum Gasteiger partial charge on any atom is 0.0344 e. The van der Waals surface area contributed by atoms with Crippen LogP contribution in [-0.4, -0.2) is 12.8 Å². The van der Waals surface area contributed by atoms with Crippen molar-refractivity contribution in [3.8, 4) is 0 Å². The molecule has 0 aromatic rings. The average molecular weight is 302 g/mol. The summed E-state index contributed by atoms with van der Waals surface area (Å²) in [6.45, 7) is 7.02. The summed E-state index contributed by atoms with van der Waals surface area (Å²) in [4.78, 5) is 4.51. The molecule has 0 aliphatic heterocycles. The fourth-order valence-electron chi connectivity index (χ4n) is 4.18. The molecule has 1 saturated carbocycles. The normalized spacial score (nSPS) is 26.7. The number of unbranched alkanes of at least 4 members (excludes halogenated alkanes) is 1. The molecular weight excluding hydrogens is 266 g/mol. The molecule has 2 aliphatic rings. The minimum Gasteiger partial charge on any atom is -0.293 e. The Labute approximate surface area is 138 Å². The van der Waals surface area contributed by atoms with Crippen molar-refractivity contribution in [3.05, 3.63) is 23.3 Å². The minimum atomic E-state index is 0.651. The van der Waals surface area contributed by atoms with Crippen LogP contribution in [0.1, 0.15) is 85.0 Å². The van der Waals surface area contributed by atoms with Crippen LogP contribution in [0.4, 0.5) is 0 Å². The average Bonchev–Trinajstić information content (AvgIpc) is 2.46. The van der Waals surface area contributed by atoms with Gasteiger partial charge in [0.1, 0.15) is 0 Å². The molecule has 124 valence electrons. The van der Waals surface area contributed by atoms with E-state index in [1.165, 1.54) is 63.5 Å². The van der Waals surface area contributed by atoms with Crippen molar-refractivity contribution < 1.29 is 0 Å². The molecule has 22 heavy (non-hydrogen) atoms. The molecular formula is C21H35N. The first-order valence-corrected chi connectivity index (χ1v) is 9.45. The van der Waals surface area contributed by atoms with E-state index in [0.717, 1.165) is 6.42 Å². The Morgan fingerprint density at radius 2 is 2.14 bits per heavy atom. The number of aliphatic imine (C=N–C) groups is 1. The third-order valence-corrected chi connectivity index (χ3v) is 5.77. The van der Waals surface area contributed by atoms with Gasteiger partial charge >= 0.3 is 0 Å². The molecule has 0 aromatic carbocycles. The lowest BCUT2D eigenvalue weighted by molar-refractivity contribution is 0.125. The second-order valence-corrected chi connectivity index (χ2v) is 7.69. The van der Waals surface area contributed by atoms with Gasteiger partial charge in [0.25, 0.3) is 0 Å². The molecule has 1 unspecified atom stereocenters. The highest BCUT2D eigenvalue weighted by Gasteiger charge is 2.36. The molecule has 0 heterocycles. The lowest BCUT2D eigenvalue weighted by Crippen LogP contribution is -2.29. The maximum absolute atomic E-state index is 4.51. The van der Waals surface area contributed by atoms with E-state index in [0.29, 0.717) is 11.3 Å². The molecule has 2 aliphatic carbocycles. The van der Waals surface area contributed by atoms with Crippen LogP contribution in [-0.2, 0) is 0 Å². The van der Waals surface area contributed by atoms with Crippen LogP contribution >= 0.6 is 0 Å². The van der Waals surface area contributed by atoms with Gasteiger partial charge in [0, 0.05) is 12.8 Å². The zero-order valence-corrected chi connectivity index (χ0v) is 15.3. The topological polar surface area (TPSA) is 12.4 Å². The SMILES string of the molecule is CCCCC(/C=C1\CC(CC2(CC)CCC2)=CC(C)C1)=N/C. The van der Waals surface area contributed by atoms with Crippen LogP contribution in [0.3, 0.4) is 0 Å². The molecule has 0 saturated heterocycles. The maximum atomic E-state index is 4.51. The van der Waals surface area contributed by atoms with Crippen LogP contribution in [0.25, 0.3) is 0 Å². The molecule has 0 N–H and O–H groups in total. The van der Waals surface area contributed by atoms with Crippen molar-refractivity contribution >= 4 is 5.71 Å². The Hall–Kier alpha value is -0.850.